The van der Waals surface area contributed by atoms with E-state index in [1.54, 1.807) is 7.11 Å². The van der Waals surface area contributed by atoms with Crippen molar-refractivity contribution in [1.29, 1.82) is 0 Å². The quantitative estimate of drug-likeness (QED) is 0.477. The van der Waals surface area contributed by atoms with Crippen LogP contribution in [0.5, 0.6) is 5.75 Å². The summed E-state index contributed by atoms with van der Waals surface area (Å²) in [5, 5.41) is 0. The number of ether oxygens (including phenoxy) is 1. The lowest BCUT2D eigenvalue weighted by atomic mass is 10.2. The number of aromatic nitrogens is 3. The standard InChI is InChI=1S/C19H17N3O.BrH/c1-3-12-21-17-6-4-5-7-18(17)22-13-16(20-19(21)22)14-8-10-15(23-2)11-9-14;/h3-11,13H,1,12H2,2H3;1H. The lowest BCUT2D eigenvalue weighted by Gasteiger charge is -2.02. The second kappa shape index (κ2) is 6.53. The lowest BCUT2D eigenvalue weighted by Crippen LogP contribution is -1.95. The third kappa shape index (κ3) is 2.51. The summed E-state index contributed by atoms with van der Waals surface area (Å²) in [6, 6.07) is 16.3. The maximum atomic E-state index is 5.22. The Balaban J connectivity index is 0.00000169. The molecule has 0 atom stereocenters. The first kappa shape index (κ1) is 16.3. The summed E-state index contributed by atoms with van der Waals surface area (Å²) in [4.78, 5) is 4.83. The Labute approximate surface area is 150 Å². The first-order valence-electron chi connectivity index (χ1n) is 7.53. The van der Waals surface area contributed by atoms with Crippen molar-refractivity contribution >= 4 is 33.8 Å². The van der Waals surface area contributed by atoms with Crippen molar-refractivity contribution in [3.63, 3.8) is 0 Å². The van der Waals surface area contributed by atoms with Gasteiger partial charge in [-0.15, -0.1) is 23.6 Å². The summed E-state index contributed by atoms with van der Waals surface area (Å²) in [7, 11) is 1.67. The molecule has 24 heavy (non-hydrogen) atoms. The molecule has 122 valence electrons. The summed E-state index contributed by atoms with van der Waals surface area (Å²) < 4.78 is 9.53. The van der Waals surface area contributed by atoms with E-state index in [1.165, 1.54) is 0 Å². The second-order valence-corrected chi connectivity index (χ2v) is 5.41. The molecule has 0 fully saturated rings. The molecule has 0 radical (unpaired) electrons. The Morgan fingerprint density at radius 1 is 1.08 bits per heavy atom. The number of allylic oxidation sites excluding steroid dienone is 1. The minimum atomic E-state index is 0. The molecule has 2 heterocycles. The number of para-hydroxylation sites is 2. The predicted molar refractivity (Wildman–Crippen MR) is 103 cm³/mol. The smallest absolute Gasteiger partial charge is 0.215 e. The predicted octanol–water partition coefficient (Wildman–Crippen LogP) is 4.73. The number of fused-ring (bicyclic) bond motifs is 3. The van der Waals surface area contributed by atoms with Gasteiger partial charge in [0.05, 0.1) is 23.8 Å². The maximum absolute atomic E-state index is 5.22. The number of hydrogen-bond acceptors (Lipinski definition) is 2. The normalized spacial score (nSPS) is 10.7. The fourth-order valence-electron chi connectivity index (χ4n) is 2.95. The van der Waals surface area contributed by atoms with Crippen LogP contribution in [0.1, 0.15) is 0 Å². The summed E-state index contributed by atoms with van der Waals surface area (Å²) in [6.45, 7) is 4.59. The highest BCUT2D eigenvalue weighted by Crippen LogP contribution is 2.26. The van der Waals surface area contributed by atoms with Crippen molar-refractivity contribution in [2.75, 3.05) is 7.11 Å². The van der Waals surface area contributed by atoms with Crippen LogP contribution in [-0.2, 0) is 6.54 Å². The number of hydrogen-bond donors (Lipinski definition) is 0. The van der Waals surface area contributed by atoms with Crippen LogP contribution in [0, 0.1) is 0 Å². The van der Waals surface area contributed by atoms with E-state index in [0.29, 0.717) is 0 Å². The highest BCUT2D eigenvalue weighted by molar-refractivity contribution is 8.93. The first-order valence-corrected chi connectivity index (χ1v) is 7.53. The van der Waals surface area contributed by atoms with Gasteiger partial charge >= 0.3 is 0 Å². The van der Waals surface area contributed by atoms with Gasteiger partial charge in [-0.3, -0.25) is 4.40 Å². The molecule has 0 saturated heterocycles. The van der Waals surface area contributed by atoms with Gasteiger partial charge in [0.2, 0.25) is 5.78 Å². The molecule has 0 spiro atoms. The first-order chi connectivity index (χ1) is 11.3. The Bertz CT molecular complexity index is 999. The largest absolute Gasteiger partial charge is 0.497 e. The zero-order chi connectivity index (χ0) is 15.8. The summed E-state index contributed by atoms with van der Waals surface area (Å²) in [5.74, 6) is 1.77. The Morgan fingerprint density at radius 2 is 1.79 bits per heavy atom. The summed E-state index contributed by atoms with van der Waals surface area (Å²) >= 11 is 0. The van der Waals surface area contributed by atoms with Crippen molar-refractivity contribution in [2.45, 2.75) is 6.54 Å². The molecule has 5 heteroatoms. The molecule has 0 N–H and O–H groups in total. The molecule has 0 saturated carbocycles. The molecule has 0 aliphatic heterocycles. The molecule has 0 aliphatic carbocycles. The highest BCUT2D eigenvalue weighted by Gasteiger charge is 2.13. The van der Waals surface area contributed by atoms with Crippen molar-refractivity contribution in [1.82, 2.24) is 14.0 Å². The molecule has 2 aromatic carbocycles. The lowest BCUT2D eigenvalue weighted by molar-refractivity contribution is 0.415. The fraction of sp³-hybridized carbons (Fsp3) is 0.105. The van der Waals surface area contributed by atoms with E-state index in [2.05, 4.69) is 33.9 Å². The van der Waals surface area contributed by atoms with Gasteiger partial charge in [-0.25, -0.2) is 4.98 Å². The number of nitrogens with zero attached hydrogens (tertiary/aromatic N) is 3. The van der Waals surface area contributed by atoms with E-state index in [1.807, 2.05) is 42.5 Å². The maximum Gasteiger partial charge on any atom is 0.215 e. The minimum absolute atomic E-state index is 0. The van der Waals surface area contributed by atoms with Gasteiger partial charge in [-0.2, -0.15) is 0 Å². The van der Waals surface area contributed by atoms with Crippen LogP contribution in [0.15, 0.2) is 67.4 Å². The van der Waals surface area contributed by atoms with Crippen molar-refractivity contribution < 1.29 is 4.74 Å². The summed E-state index contributed by atoms with van der Waals surface area (Å²) in [5.41, 5.74) is 4.34. The molecule has 0 unspecified atom stereocenters. The van der Waals surface area contributed by atoms with Crippen LogP contribution in [0.25, 0.3) is 28.1 Å². The average Bonchev–Trinajstić information content (AvgIpc) is 3.15. The van der Waals surface area contributed by atoms with E-state index in [4.69, 9.17) is 9.72 Å². The number of rotatable bonds is 4. The van der Waals surface area contributed by atoms with E-state index in [0.717, 1.165) is 40.4 Å². The molecular formula is C19H18BrN3O. The van der Waals surface area contributed by atoms with E-state index in [9.17, 15) is 0 Å². The number of imidazole rings is 2. The molecule has 0 amide bonds. The van der Waals surface area contributed by atoms with Crippen LogP contribution in [-0.4, -0.2) is 21.1 Å². The van der Waals surface area contributed by atoms with Gasteiger partial charge < -0.3 is 9.30 Å². The Kier molecular flexibility index (Phi) is 4.44. The van der Waals surface area contributed by atoms with Crippen molar-refractivity contribution in [2.24, 2.45) is 0 Å². The van der Waals surface area contributed by atoms with Crippen LogP contribution in [0.3, 0.4) is 0 Å². The van der Waals surface area contributed by atoms with Crippen LogP contribution >= 0.6 is 17.0 Å². The van der Waals surface area contributed by atoms with E-state index < -0.39 is 0 Å². The topological polar surface area (TPSA) is 31.5 Å². The molecular weight excluding hydrogens is 366 g/mol. The molecule has 0 aliphatic rings. The van der Waals surface area contributed by atoms with Crippen LogP contribution in [0.2, 0.25) is 0 Å². The van der Waals surface area contributed by atoms with Gasteiger partial charge in [-0.05, 0) is 36.4 Å². The monoisotopic (exact) mass is 383 g/mol. The van der Waals surface area contributed by atoms with Crippen LogP contribution < -0.4 is 4.74 Å². The molecule has 0 bridgehead atoms. The van der Waals surface area contributed by atoms with Gasteiger partial charge in [0, 0.05) is 18.3 Å². The zero-order valence-electron chi connectivity index (χ0n) is 13.3. The Morgan fingerprint density at radius 3 is 2.46 bits per heavy atom. The number of methoxy groups -OCH3 is 1. The SMILES string of the molecule is Br.C=CCn1c2ccccc2n2cc(-c3ccc(OC)cc3)nc12. The highest BCUT2D eigenvalue weighted by atomic mass is 79.9. The van der Waals surface area contributed by atoms with Gasteiger partial charge in [-0.1, -0.05) is 18.2 Å². The molecule has 4 nitrogen and oxygen atoms in total. The molecule has 2 aromatic heterocycles. The molecule has 4 aromatic rings. The third-order valence-corrected chi connectivity index (χ3v) is 4.06. The second-order valence-electron chi connectivity index (χ2n) is 5.41. The van der Waals surface area contributed by atoms with Gasteiger partial charge in [0.15, 0.2) is 0 Å². The average molecular weight is 384 g/mol. The van der Waals surface area contributed by atoms with Crippen molar-refractivity contribution in [3.8, 4) is 17.0 Å². The third-order valence-electron chi connectivity index (χ3n) is 4.06. The number of halogens is 1. The van der Waals surface area contributed by atoms with Gasteiger partial charge in [0.1, 0.15) is 5.75 Å². The number of benzene rings is 2. The van der Waals surface area contributed by atoms with E-state index in [-0.39, 0.29) is 17.0 Å². The fourth-order valence-corrected chi connectivity index (χ4v) is 2.95. The zero-order valence-corrected chi connectivity index (χ0v) is 15.1. The van der Waals surface area contributed by atoms with E-state index >= 15 is 0 Å². The molecule has 4 rings (SSSR count). The van der Waals surface area contributed by atoms with Crippen molar-refractivity contribution in [3.05, 3.63) is 67.4 Å². The van der Waals surface area contributed by atoms with Crippen LogP contribution in [0.4, 0.5) is 0 Å². The summed E-state index contributed by atoms with van der Waals surface area (Å²) in [6.07, 6.45) is 3.98. The minimum Gasteiger partial charge on any atom is -0.497 e. The Hall–Kier alpha value is -2.53. The van der Waals surface area contributed by atoms with Gasteiger partial charge in [0.25, 0.3) is 0 Å².